The van der Waals surface area contributed by atoms with E-state index in [1.165, 1.54) is 0 Å². The number of nitrogens with one attached hydrogen (secondary N) is 2. The molecule has 6 heteroatoms. The number of carbonyl (C=O) groups is 1. The molecule has 1 amide bonds. The first-order valence-electron chi connectivity index (χ1n) is 14.0. The molecule has 0 aromatic heterocycles. The van der Waals surface area contributed by atoms with E-state index in [2.05, 4.69) is 22.2 Å². The van der Waals surface area contributed by atoms with Crippen molar-refractivity contribution in [2.75, 3.05) is 0 Å². The van der Waals surface area contributed by atoms with Crippen molar-refractivity contribution in [3.8, 4) is 11.1 Å². The van der Waals surface area contributed by atoms with E-state index in [4.69, 9.17) is 0 Å². The normalized spacial score (nSPS) is 12.0. The second kappa shape index (κ2) is 13.4. The van der Waals surface area contributed by atoms with Crippen molar-refractivity contribution >= 4 is 15.9 Å². The zero-order valence-electron chi connectivity index (χ0n) is 23.5. The van der Waals surface area contributed by atoms with Crippen LogP contribution in [0.1, 0.15) is 45.1 Å². The quantitative estimate of drug-likeness (QED) is 0.175. The lowest BCUT2D eigenvalue weighted by Crippen LogP contribution is -2.29. The number of aryl methyl sites for hydroxylation is 2. The Hall–Kier alpha value is -4.52. The van der Waals surface area contributed by atoms with E-state index in [1.807, 2.05) is 104 Å². The number of amides is 1. The second-order valence-electron chi connectivity index (χ2n) is 10.4. The maximum atomic E-state index is 13.3. The smallest absolute Gasteiger partial charge is 0.251 e. The summed E-state index contributed by atoms with van der Waals surface area (Å²) in [4.78, 5) is 12.6. The highest BCUT2D eigenvalue weighted by Gasteiger charge is 2.21. The van der Waals surface area contributed by atoms with Gasteiger partial charge < -0.3 is 5.32 Å². The van der Waals surface area contributed by atoms with Crippen molar-refractivity contribution < 1.29 is 13.2 Å². The Labute approximate surface area is 248 Å². The number of carbonyl (C=O) groups excluding carboxylic acids is 1. The van der Waals surface area contributed by atoms with Crippen LogP contribution in [-0.4, -0.2) is 14.3 Å². The number of hydrogen-bond acceptors (Lipinski definition) is 3. The fourth-order valence-electron chi connectivity index (χ4n) is 4.82. The summed E-state index contributed by atoms with van der Waals surface area (Å²) >= 11 is 0. The van der Waals surface area contributed by atoms with Gasteiger partial charge in [-0.3, -0.25) is 4.79 Å². The summed E-state index contributed by atoms with van der Waals surface area (Å²) < 4.78 is 29.6. The topological polar surface area (TPSA) is 75.3 Å². The maximum absolute atomic E-state index is 13.3. The number of hydrogen-bond donors (Lipinski definition) is 2. The highest BCUT2D eigenvalue weighted by Crippen LogP contribution is 2.27. The summed E-state index contributed by atoms with van der Waals surface area (Å²) in [6.07, 6.45) is 1.36. The van der Waals surface area contributed by atoms with Crippen molar-refractivity contribution in [2.45, 2.75) is 37.2 Å². The highest BCUT2D eigenvalue weighted by molar-refractivity contribution is 7.89. The molecule has 1 unspecified atom stereocenters. The molecular weight excluding hydrogens is 540 g/mol. The monoisotopic (exact) mass is 574 g/mol. The van der Waals surface area contributed by atoms with E-state index in [0.29, 0.717) is 18.5 Å². The van der Waals surface area contributed by atoms with Gasteiger partial charge in [-0.1, -0.05) is 115 Å². The molecule has 0 aliphatic heterocycles. The lowest BCUT2D eigenvalue weighted by Gasteiger charge is -2.20. The molecule has 5 rings (SSSR count). The van der Waals surface area contributed by atoms with Crippen LogP contribution >= 0.6 is 0 Å². The van der Waals surface area contributed by atoms with Crippen molar-refractivity contribution in [3.63, 3.8) is 0 Å². The third kappa shape index (κ3) is 7.60. The average molecular weight is 575 g/mol. The Balaban J connectivity index is 1.29. The molecule has 0 saturated heterocycles. The molecular formula is C36H34N2O3S. The highest BCUT2D eigenvalue weighted by atomic mass is 32.2. The summed E-state index contributed by atoms with van der Waals surface area (Å²) in [7, 11) is -3.71. The maximum Gasteiger partial charge on any atom is 0.251 e. The van der Waals surface area contributed by atoms with E-state index in [0.717, 1.165) is 39.8 Å². The van der Waals surface area contributed by atoms with Crippen molar-refractivity contribution in [2.24, 2.45) is 0 Å². The van der Waals surface area contributed by atoms with Crippen LogP contribution in [0.25, 0.3) is 11.1 Å². The number of sulfonamides is 1. The SMILES string of the molecule is Cc1ccc(S(=O)(=O)NC(CCc2ccccc2)c2ccc(-c3ccc(CNC(=O)c4ccccc4)cc3)cc2)cc1. The van der Waals surface area contributed by atoms with Crippen LogP contribution in [0.2, 0.25) is 0 Å². The minimum absolute atomic E-state index is 0.102. The summed E-state index contributed by atoms with van der Waals surface area (Å²) in [5.41, 5.74) is 6.79. The van der Waals surface area contributed by atoms with E-state index < -0.39 is 10.0 Å². The van der Waals surface area contributed by atoms with Crippen molar-refractivity contribution in [1.82, 2.24) is 10.0 Å². The molecule has 2 N–H and O–H groups in total. The summed E-state index contributed by atoms with van der Waals surface area (Å²) in [6.45, 7) is 2.38. The van der Waals surface area contributed by atoms with Gasteiger partial charge in [-0.15, -0.1) is 0 Å². The van der Waals surface area contributed by atoms with Crippen LogP contribution in [0.3, 0.4) is 0 Å². The van der Waals surface area contributed by atoms with Crippen LogP contribution in [0.5, 0.6) is 0 Å². The van der Waals surface area contributed by atoms with Gasteiger partial charge in [0.15, 0.2) is 0 Å². The Morgan fingerprint density at radius 1 is 0.667 bits per heavy atom. The first kappa shape index (κ1) is 29.0. The van der Waals surface area contributed by atoms with E-state index >= 15 is 0 Å². The predicted octanol–water partition coefficient (Wildman–Crippen LogP) is 7.24. The lowest BCUT2D eigenvalue weighted by molar-refractivity contribution is 0.0951. The Morgan fingerprint density at radius 2 is 1.24 bits per heavy atom. The molecule has 0 spiro atoms. The van der Waals surface area contributed by atoms with Crippen molar-refractivity contribution in [3.05, 3.63) is 161 Å². The number of benzene rings is 5. The summed E-state index contributed by atoms with van der Waals surface area (Å²) in [6, 6.07) is 41.9. The first-order chi connectivity index (χ1) is 20.4. The predicted molar refractivity (Wildman–Crippen MR) is 168 cm³/mol. The molecule has 0 bridgehead atoms. The third-order valence-electron chi connectivity index (χ3n) is 7.28. The standard InChI is InChI=1S/C36H34N2O3S/c1-27-12-23-34(24-13-27)42(40,41)38-35(25-16-28-8-4-2-5-9-28)32-21-19-31(20-22-32)30-17-14-29(15-18-30)26-37-36(39)33-10-6-3-7-11-33/h2-15,17-24,35,38H,16,25-26H2,1H3,(H,37,39). The van der Waals surface area contributed by atoms with Gasteiger partial charge in [0.05, 0.1) is 4.90 Å². The fourth-order valence-corrected chi connectivity index (χ4v) is 6.08. The van der Waals surface area contributed by atoms with Gasteiger partial charge >= 0.3 is 0 Å². The molecule has 0 aliphatic rings. The van der Waals surface area contributed by atoms with E-state index in [9.17, 15) is 13.2 Å². The van der Waals surface area contributed by atoms with Gasteiger partial charge in [0.1, 0.15) is 0 Å². The number of rotatable bonds is 11. The fraction of sp³-hybridized carbons (Fsp3) is 0.139. The Bertz CT molecular complexity index is 1700. The molecule has 5 aromatic carbocycles. The van der Waals surface area contributed by atoms with Crippen LogP contribution < -0.4 is 10.0 Å². The molecule has 42 heavy (non-hydrogen) atoms. The van der Waals surface area contributed by atoms with Gasteiger partial charge in [0, 0.05) is 18.2 Å². The first-order valence-corrected chi connectivity index (χ1v) is 15.5. The van der Waals surface area contributed by atoms with Crippen LogP contribution in [0.4, 0.5) is 0 Å². The minimum atomic E-state index is -3.71. The van der Waals surface area contributed by atoms with Crippen LogP contribution in [-0.2, 0) is 23.0 Å². The van der Waals surface area contributed by atoms with Gasteiger partial charge in [-0.25, -0.2) is 13.1 Å². The Kier molecular flexibility index (Phi) is 9.27. The molecule has 0 fully saturated rings. The molecule has 1 atom stereocenters. The van der Waals surface area contributed by atoms with Gasteiger partial charge in [0.2, 0.25) is 10.0 Å². The summed E-state index contributed by atoms with van der Waals surface area (Å²) in [5, 5.41) is 2.96. The van der Waals surface area contributed by atoms with Gasteiger partial charge in [-0.2, -0.15) is 0 Å². The lowest BCUT2D eigenvalue weighted by atomic mass is 9.97. The van der Waals surface area contributed by atoms with Crippen LogP contribution in [0.15, 0.2) is 138 Å². The van der Waals surface area contributed by atoms with E-state index in [1.54, 1.807) is 24.3 Å². The molecule has 0 heterocycles. The summed E-state index contributed by atoms with van der Waals surface area (Å²) in [5.74, 6) is -0.102. The van der Waals surface area contributed by atoms with Gasteiger partial charge in [0.25, 0.3) is 5.91 Å². The molecule has 0 radical (unpaired) electrons. The van der Waals surface area contributed by atoms with Crippen molar-refractivity contribution in [1.29, 1.82) is 0 Å². The zero-order chi connectivity index (χ0) is 29.4. The van der Waals surface area contributed by atoms with Gasteiger partial charge in [-0.05, 0) is 71.8 Å². The second-order valence-corrected chi connectivity index (χ2v) is 12.1. The van der Waals surface area contributed by atoms with E-state index in [-0.39, 0.29) is 16.8 Å². The third-order valence-corrected chi connectivity index (χ3v) is 8.77. The average Bonchev–Trinajstić information content (AvgIpc) is 3.03. The zero-order valence-corrected chi connectivity index (χ0v) is 24.3. The Morgan fingerprint density at radius 3 is 1.86 bits per heavy atom. The largest absolute Gasteiger partial charge is 0.348 e. The molecule has 5 aromatic rings. The molecule has 0 saturated carbocycles. The molecule has 0 aliphatic carbocycles. The minimum Gasteiger partial charge on any atom is -0.348 e. The molecule has 5 nitrogen and oxygen atoms in total. The van der Waals surface area contributed by atoms with Crippen LogP contribution in [0, 0.1) is 6.92 Å². The molecule has 212 valence electrons.